The fourth-order valence-corrected chi connectivity index (χ4v) is 5.28. The zero-order chi connectivity index (χ0) is 20.4. The number of amides is 1. The third-order valence-electron chi connectivity index (χ3n) is 5.03. The summed E-state index contributed by atoms with van der Waals surface area (Å²) in [6, 6.07) is 16.0. The van der Waals surface area contributed by atoms with E-state index in [9.17, 15) is 13.2 Å². The predicted octanol–water partition coefficient (Wildman–Crippen LogP) is 2.48. The Balaban J connectivity index is 1.35. The molecule has 1 atom stereocenters. The minimum atomic E-state index is -3.54. The van der Waals surface area contributed by atoms with Crippen LogP contribution in [0, 0.1) is 0 Å². The first kappa shape index (κ1) is 20.1. The summed E-state index contributed by atoms with van der Waals surface area (Å²) < 4.78 is 27.8. The van der Waals surface area contributed by atoms with Crippen molar-refractivity contribution in [2.45, 2.75) is 17.4 Å². The third-order valence-corrected chi connectivity index (χ3v) is 7.44. The summed E-state index contributed by atoms with van der Waals surface area (Å²) in [6.07, 6.45) is -0.265. The Bertz CT molecular complexity index is 1030. The second kappa shape index (κ2) is 8.25. The summed E-state index contributed by atoms with van der Waals surface area (Å²) in [6.45, 7) is 1.18. The molecule has 0 bridgehead atoms. The molecule has 1 unspecified atom stereocenters. The van der Waals surface area contributed by atoms with Gasteiger partial charge in [-0.3, -0.25) is 4.79 Å². The van der Waals surface area contributed by atoms with Gasteiger partial charge in [-0.2, -0.15) is 4.31 Å². The largest absolute Gasteiger partial charge is 0.382 e. The quantitative estimate of drug-likeness (QED) is 0.677. The fourth-order valence-electron chi connectivity index (χ4n) is 3.44. The van der Waals surface area contributed by atoms with Gasteiger partial charge < -0.3 is 9.74 Å². The van der Waals surface area contributed by atoms with E-state index in [0.29, 0.717) is 19.5 Å². The van der Waals surface area contributed by atoms with Crippen LogP contribution in [-0.4, -0.2) is 61.5 Å². The lowest BCUT2D eigenvalue weighted by molar-refractivity contribution is -0.143. The van der Waals surface area contributed by atoms with Crippen molar-refractivity contribution in [1.29, 1.82) is 0 Å². The number of carbonyl (C=O) groups excluding carboxylic acids is 1. The molecule has 152 valence electrons. The van der Waals surface area contributed by atoms with Gasteiger partial charge in [-0.1, -0.05) is 51.4 Å². The van der Waals surface area contributed by atoms with Gasteiger partial charge in [0.2, 0.25) is 16.1 Å². The van der Waals surface area contributed by atoms with Crippen molar-refractivity contribution in [1.82, 2.24) is 9.21 Å². The molecular formula is C20H20BrN3O4S. The monoisotopic (exact) mass is 477 g/mol. The summed E-state index contributed by atoms with van der Waals surface area (Å²) in [5.41, 5.74) is 1.64. The first-order valence-electron chi connectivity index (χ1n) is 9.28. The van der Waals surface area contributed by atoms with Crippen LogP contribution in [0.4, 0.5) is 0 Å². The lowest BCUT2D eigenvalue weighted by Crippen LogP contribution is -2.52. The van der Waals surface area contributed by atoms with Crippen LogP contribution < -0.4 is 0 Å². The van der Waals surface area contributed by atoms with Gasteiger partial charge in [0.1, 0.15) is 0 Å². The highest BCUT2D eigenvalue weighted by atomic mass is 79.9. The Morgan fingerprint density at radius 2 is 1.76 bits per heavy atom. The zero-order valence-electron chi connectivity index (χ0n) is 15.6. The third kappa shape index (κ3) is 4.22. The molecule has 1 amide bonds. The minimum absolute atomic E-state index is 0.157. The van der Waals surface area contributed by atoms with Gasteiger partial charge in [-0.05, 0) is 24.3 Å². The summed E-state index contributed by atoms with van der Waals surface area (Å²) >= 11 is 3.43. The van der Waals surface area contributed by atoms with Crippen LogP contribution in [0.3, 0.4) is 0 Å². The molecule has 1 fully saturated rings. The maximum absolute atomic E-state index is 12.8. The van der Waals surface area contributed by atoms with Crippen molar-refractivity contribution in [3.63, 3.8) is 0 Å². The summed E-state index contributed by atoms with van der Waals surface area (Å²) in [5.74, 6) is -0.157. The second-order valence-electron chi connectivity index (χ2n) is 6.89. The predicted molar refractivity (Wildman–Crippen MR) is 112 cm³/mol. The van der Waals surface area contributed by atoms with E-state index in [1.54, 1.807) is 35.2 Å². The average molecular weight is 478 g/mol. The normalized spacial score (nSPS) is 20.2. The smallest absolute Gasteiger partial charge is 0.266 e. The first-order valence-corrected chi connectivity index (χ1v) is 11.5. The molecule has 1 saturated heterocycles. The topological polar surface area (TPSA) is 79.3 Å². The molecule has 0 aromatic heterocycles. The maximum Gasteiger partial charge on any atom is 0.266 e. The van der Waals surface area contributed by atoms with Crippen LogP contribution in [0.25, 0.3) is 0 Å². The number of carbonyl (C=O) groups is 1. The van der Waals surface area contributed by atoms with Gasteiger partial charge in [0, 0.05) is 42.6 Å². The van der Waals surface area contributed by atoms with Crippen molar-refractivity contribution in [2.24, 2.45) is 5.16 Å². The number of hydrogen-bond donors (Lipinski definition) is 0. The number of rotatable bonds is 4. The molecule has 0 N–H and O–H groups in total. The van der Waals surface area contributed by atoms with E-state index in [4.69, 9.17) is 4.84 Å². The molecule has 0 radical (unpaired) electrons. The summed E-state index contributed by atoms with van der Waals surface area (Å²) in [4.78, 5) is 20.1. The molecule has 2 aliphatic heterocycles. The van der Waals surface area contributed by atoms with Gasteiger partial charge in [0.05, 0.1) is 10.6 Å². The van der Waals surface area contributed by atoms with E-state index in [2.05, 4.69) is 21.1 Å². The second-order valence-corrected chi connectivity index (χ2v) is 9.74. The van der Waals surface area contributed by atoms with E-state index in [-0.39, 0.29) is 23.9 Å². The van der Waals surface area contributed by atoms with E-state index >= 15 is 0 Å². The Morgan fingerprint density at radius 1 is 1.03 bits per heavy atom. The van der Waals surface area contributed by atoms with E-state index in [1.165, 1.54) is 4.31 Å². The van der Waals surface area contributed by atoms with Crippen LogP contribution in [-0.2, 0) is 19.7 Å². The lowest BCUT2D eigenvalue weighted by atomic mass is 10.0. The number of benzene rings is 2. The number of piperazine rings is 1. The average Bonchev–Trinajstić information content (AvgIpc) is 3.24. The first-order chi connectivity index (χ1) is 13.9. The van der Waals surface area contributed by atoms with Gasteiger partial charge in [0.25, 0.3) is 5.91 Å². The van der Waals surface area contributed by atoms with Crippen molar-refractivity contribution in [2.75, 3.05) is 26.2 Å². The number of halogens is 1. The highest BCUT2D eigenvalue weighted by Gasteiger charge is 2.36. The standard InChI is InChI=1S/C20H20BrN3O4S/c21-16-6-4-5-15(13-16)18-14-19(28-22-18)20(25)23-9-11-24(12-10-23)29(26,27)17-7-2-1-3-8-17/h1-8,13,19H,9-12,14H2. The molecule has 2 heterocycles. The highest BCUT2D eigenvalue weighted by molar-refractivity contribution is 9.10. The Hall–Kier alpha value is -2.23. The minimum Gasteiger partial charge on any atom is -0.382 e. The highest BCUT2D eigenvalue weighted by Crippen LogP contribution is 2.22. The van der Waals surface area contributed by atoms with Gasteiger partial charge in [-0.15, -0.1) is 0 Å². The molecule has 2 aromatic rings. The summed E-state index contributed by atoms with van der Waals surface area (Å²) in [7, 11) is -3.54. The van der Waals surface area contributed by atoms with Crippen molar-refractivity contribution in [3.8, 4) is 0 Å². The van der Waals surface area contributed by atoms with Gasteiger partial charge in [-0.25, -0.2) is 8.42 Å². The Kier molecular flexibility index (Phi) is 5.71. The summed E-state index contributed by atoms with van der Waals surface area (Å²) in [5, 5.41) is 4.08. The molecule has 0 spiro atoms. The van der Waals surface area contributed by atoms with Crippen LogP contribution in [0.1, 0.15) is 12.0 Å². The number of hydrogen-bond acceptors (Lipinski definition) is 5. The van der Waals surface area contributed by atoms with Crippen LogP contribution in [0.2, 0.25) is 0 Å². The number of nitrogens with zero attached hydrogens (tertiary/aromatic N) is 3. The molecule has 9 heteroatoms. The molecule has 29 heavy (non-hydrogen) atoms. The van der Waals surface area contributed by atoms with Crippen molar-refractivity contribution in [3.05, 3.63) is 64.6 Å². The molecular weight excluding hydrogens is 458 g/mol. The maximum atomic E-state index is 12.8. The lowest BCUT2D eigenvalue weighted by Gasteiger charge is -2.34. The van der Waals surface area contributed by atoms with Crippen molar-refractivity contribution < 1.29 is 18.0 Å². The van der Waals surface area contributed by atoms with Gasteiger partial charge in [0.15, 0.2) is 0 Å². The fraction of sp³-hybridized carbons (Fsp3) is 0.300. The molecule has 0 saturated carbocycles. The van der Waals surface area contributed by atoms with E-state index in [1.807, 2.05) is 24.3 Å². The number of sulfonamides is 1. The van der Waals surface area contributed by atoms with E-state index in [0.717, 1.165) is 15.7 Å². The van der Waals surface area contributed by atoms with Gasteiger partial charge >= 0.3 is 0 Å². The molecule has 2 aliphatic rings. The van der Waals surface area contributed by atoms with E-state index < -0.39 is 16.1 Å². The van der Waals surface area contributed by atoms with Crippen molar-refractivity contribution >= 4 is 37.6 Å². The SMILES string of the molecule is O=C(C1CC(c2cccc(Br)c2)=NO1)N1CCN(S(=O)(=O)c2ccccc2)CC1. The molecule has 2 aromatic carbocycles. The molecule has 7 nitrogen and oxygen atoms in total. The zero-order valence-corrected chi connectivity index (χ0v) is 18.0. The molecule has 0 aliphatic carbocycles. The van der Waals surface area contributed by atoms with Crippen LogP contribution in [0.5, 0.6) is 0 Å². The Morgan fingerprint density at radius 3 is 2.45 bits per heavy atom. The van der Waals surface area contributed by atoms with Crippen LogP contribution in [0.15, 0.2) is 69.1 Å². The van der Waals surface area contributed by atoms with Crippen LogP contribution >= 0.6 is 15.9 Å². The molecule has 4 rings (SSSR count). The number of oxime groups is 1. The Labute approximate surface area is 178 Å².